The van der Waals surface area contributed by atoms with Gasteiger partial charge in [0.15, 0.2) is 0 Å². The number of hydrogen-bond donors (Lipinski definition) is 5. The lowest BCUT2D eigenvalue weighted by Gasteiger charge is -1.96. The zero-order valence-electron chi connectivity index (χ0n) is 7.66. The lowest BCUT2D eigenvalue weighted by Crippen LogP contribution is -2.36. The Morgan fingerprint density at radius 3 is 1.57 bits per heavy atom. The van der Waals surface area contributed by atoms with Crippen molar-refractivity contribution in [2.45, 2.75) is 0 Å². The van der Waals surface area contributed by atoms with Crippen LogP contribution in [0.5, 0.6) is 0 Å². The highest BCUT2D eigenvalue weighted by atomic mass is 16.2. The van der Waals surface area contributed by atoms with Crippen molar-refractivity contribution in [1.82, 2.24) is 5.32 Å². The van der Waals surface area contributed by atoms with Crippen LogP contribution < -0.4 is 28.3 Å². The Bertz CT molecular complexity index is 206. The van der Waals surface area contributed by atoms with E-state index in [-0.39, 0.29) is 25.5 Å². The van der Waals surface area contributed by atoms with E-state index in [9.17, 15) is 14.4 Å². The highest BCUT2D eigenvalue weighted by Gasteiger charge is 1.96. The lowest BCUT2D eigenvalue weighted by atomic mass is 10.5. The Balaban J connectivity index is 0. The fourth-order valence-corrected chi connectivity index (χ4v) is 0.258. The van der Waals surface area contributed by atoms with Gasteiger partial charge < -0.3 is 28.3 Å². The van der Waals surface area contributed by atoms with Crippen molar-refractivity contribution in [3.8, 4) is 0 Å². The van der Waals surface area contributed by atoms with Gasteiger partial charge in [-0.2, -0.15) is 0 Å². The summed E-state index contributed by atoms with van der Waals surface area (Å²) in [6.07, 6.45) is 0. The van der Waals surface area contributed by atoms with Crippen LogP contribution in [0.25, 0.3) is 0 Å². The van der Waals surface area contributed by atoms with Crippen LogP contribution >= 0.6 is 0 Å². The maximum atomic E-state index is 10.3. The van der Waals surface area contributed by atoms with Crippen LogP contribution in [0.1, 0.15) is 0 Å². The van der Waals surface area contributed by atoms with Gasteiger partial charge in [-0.15, -0.1) is 0 Å². The van der Waals surface area contributed by atoms with Crippen molar-refractivity contribution in [2.75, 3.05) is 19.6 Å². The third-order valence-corrected chi connectivity index (χ3v) is 0.846. The molecule has 0 aliphatic heterocycles. The average Bonchev–Trinajstić information content (AvgIpc) is 2.14. The van der Waals surface area contributed by atoms with Crippen LogP contribution in [0, 0.1) is 0 Å². The van der Waals surface area contributed by atoms with Gasteiger partial charge in [-0.3, -0.25) is 14.4 Å². The summed E-state index contributed by atoms with van der Waals surface area (Å²) < 4.78 is 0. The second kappa shape index (κ2) is 9.42. The van der Waals surface area contributed by atoms with E-state index in [0.717, 1.165) is 0 Å². The van der Waals surface area contributed by atoms with Crippen molar-refractivity contribution >= 4 is 17.7 Å². The number of carbonyl (C=O) groups is 3. The van der Waals surface area contributed by atoms with Crippen molar-refractivity contribution in [3.05, 3.63) is 0 Å². The van der Waals surface area contributed by atoms with E-state index in [0.29, 0.717) is 0 Å². The third-order valence-electron chi connectivity index (χ3n) is 0.846. The highest BCUT2D eigenvalue weighted by Crippen LogP contribution is 1.57. The van der Waals surface area contributed by atoms with Crippen LogP contribution in [-0.4, -0.2) is 37.4 Å². The molecule has 14 heavy (non-hydrogen) atoms. The van der Waals surface area contributed by atoms with E-state index in [1.807, 2.05) is 0 Å². The summed E-state index contributed by atoms with van der Waals surface area (Å²) in [6, 6.07) is 0. The van der Waals surface area contributed by atoms with Gasteiger partial charge in [-0.25, -0.2) is 0 Å². The molecule has 9 N–H and O–H groups in total. The molecule has 0 aromatic rings. The molecule has 0 bridgehead atoms. The highest BCUT2D eigenvalue weighted by molar-refractivity contribution is 5.84. The number of nitrogens with two attached hydrogens (primary N) is 4. The summed E-state index contributed by atoms with van der Waals surface area (Å²) >= 11 is 0. The molecule has 0 saturated carbocycles. The zero-order valence-corrected chi connectivity index (χ0v) is 7.66. The van der Waals surface area contributed by atoms with E-state index in [4.69, 9.17) is 17.2 Å². The molecule has 0 atom stereocenters. The molecule has 0 spiro atoms. The van der Waals surface area contributed by atoms with Crippen molar-refractivity contribution in [1.29, 1.82) is 0 Å². The Kier molecular flexibility index (Phi) is 9.98. The predicted octanol–water partition coefficient (Wildman–Crippen LogP) is -4.02. The lowest BCUT2D eigenvalue weighted by molar-refractivity contribution is -0.123. The molecule has 0 unspecified atom stereocenters. The number of carbonyl (C=O) groups excluding carboxylic acids is 3. The average molecular weight is 205 g/mol. The maximum absolute atomic E-state index is 10.3. The normalized spacial score (nSPS) is 8.14. The Morgan fingerprint density at radius 2 is 1.36 bits per heavy atom. The Hall–Kier alpha value is -1.67. The topological polar surface area (TPSA) is 167 Å². The standard InChI is InChI=1S/C4H9N3O2.C2H6N2O/c5-1-4(9)7-2-3(6)8;3-1-2(4)5/h1-2,5H2,(H2,6,8)(H,7,9);1,3H2,(H2,4,5). The smallest absolute Gasteiger partial charge is 0.236 e. The largest absolute Gasteiger partial charge is 0.369 e. The van der Waals surface area contributed by atoms with E-state index in [2.05, 4.69) is 11.1 Å². The second-order valence-electron chi connectivity index (χ2n) is 2.12. The molecule has 0 rings (SSSR count). The number of hydrogen-bond acceptors (Lipinski definition) is 5. The first kappa shape index (κ1) is 14.8. The summed E-state index contributed by atoms with van der Waals surface area (Å²) in [5, 5.41) is 2.19. The van der Waals surface area contributed by atoms with Gasteiger partial charge in [-0.05, 0) is 0 Å². The Morgan fingerprint density at radius 1 is 0.929 bits per heavy atom. The van der Waals surface area contributed by atoms with Gasteiger partial charge in [0.2, 0.25) is 17.7 Å². The van der Waals surface area contributed by atoms with Crippen LogP contribution in [0.15, 0.2) is 0 Å². The fraction of sp³-hybridized carbons (Fsp3) is 0.500. The van der Waals surface area contributed by atoms with Gasteiger partial charge in [0.05, 0.1) is 19.6 Å². The molecular weight excluding hydrogens is 190 g/mol. The zero-order chi connectivity index (χ0) is 11.6. The first-order chi connectivity index (χ1) is 6.43. The van der Waals surface area contributed by atoms with Gasteiger partial charge in [0.25, 0.3) is 0 Å². The molecule has 8 nitrogen and oxygen atoms in total. The van der Waals surface area contributed by atoms with Gasteiger partial charge in [0, 0.05) is 0 Å². The van der Waals surface area contributed by atoms with Gasteiger partial charge in [-0.1, -0.05) is 0 Å². The maximum Gasteiger partial charge on any atom is 0.236 e. The van der Waals surface area contributed by atoms with Crippen LogP contribution in [-0.2, 0) is 14.4 Å². The minimum Gasteiger partial charge on any atom is -0.369 e. The molecule has 0 heterocycles. The molecule has 3 amide bonds. The van der Waals surface area contributed by atoms with Crippen molar-refractivity contribution in [2.24, 2.45) is 22.9 Å². The minimum absolute atomic E-state index is 0.0556. The van der Waals surface area contributed by atoms with Crippen LogP contribution in [0.4, 0.5) is 0 Å². The summed E-state index contributed by atoms with van der Waals surface area (Å²) in [7, 11) is 0. The van der Waals surface area contributed by atoms with E-state index < -0.39 is 11.8 Å². The SMILES string of the molecule is NCC(=O)NCC(N)=O.NCC(N)=O. The molecule has 0 aromatic carbocycles. The summed E-state index contributed by atoms with van der Waals surface area (Å²) in [5.41, 5.74) is 18.8. The van der Waals surface area contributed by atoms with Gasteiger partial charge in [0.1, 0.15) is 0 Å². The quantitative estimate of drug-likeness (QED) is 0.314. The molecule has 0 saturated heterocycles. The number of amides is 3. The van der Waals surface area contributed by atoms with Crippen molar-refractivity contribution in [3.63, 3.8) is 0 Å². The second-order valence-corrected chi connectivity index (χ2v) is 2.12. The molecule has 8 heteroatoms. The van der Waals surface area contributed by atoms with Gasteiger partial charge >= 0.3 is 0 Å². The molecule has 0 fully saturated rings. The molecule has 0 radical (unpaired) electrons. The van der Waals surface area contributed by atoms with Crippen LogP contribution in [0.2, 0.25) is 0 Å². The van der Waals surface area contributed by atoms with E-state index in [1.54, 1.807) is 0 Å². The van der Waals surface area contributed by atoms with Crippen LogP contribution in [0.3, 0.4) is 0 Å². The fourth-order valence-electron chi connectivity index (χ4n) is 0.258. The summed E-state index contributed by atoms with van der Waals surface area (Å²) in [4.78, 5) is 29.7. The number of rotatable bonds is 4. The monoisotopic (exact) mass is 205 g/mol. The first-order valence-corrected chi connectivity index (χ1v) is 3.67. The molecule has 82 valence electrons. The third kappa shape index (κ3) is 16.7. The Labute approximate surface area is 81.0 Å². The number of nitrogens with one attached hydrogen (secondary N) is 1. The van der Waals surface area contributed by atoms with E-state index >= 15 is 0 Å². The molecular formula is C6H15N5O3. The first-order valence-electron chi connectivity index (χ1n) is 3.67. The molecule has 0 aliphatic carbocycles. The number of primary amides is 2. The summed E-state index contributed by atoms with van der Waals surface area (Å²) in [5.74, 6) is -1.42. The minimum atomic E-state index is -0.572. The molecule has 0 aliphatic rings. The summed E-state index contributed by atoms with van der Waals surface area (Å²) in [6.45, 7) is -0.316. The van der Waals surface area contributed by atoms with Crippen molar-refractivity contribution < 1.29 is 14.4 Å². The van der Waals surface area contributed by atoms with E-state index in [1.165, 1.54) is 0 Å². The predicted molar refractivity (Wildman–Crippen MR) is 49.5 cm³/mol. The molecule has 0 aromatic heterocycles.